The quantitative estimate of drug-likeness (QED) is 0.465. The van der Waals surface area contributed by atoms with Crippen molar-refractivity contribution in [3.05, 3.63) is 106 Å². The minimum Gasteiger partial charge on any atom is -0.352 e. The van der Waals surface area contributed by atoms with Crippen LogP contribution in [-0.4, -0.2) is 28.8 Å². The molecule has 0 saturated carbocycles. The molecule has 5 heteroatoms. The highest BCUT2D eigenvalue weighted by atomic mass is 35.5. The van der Waals surface area contributed by atoms with Crippen molar-refractivity contribution < 1.29 is 9.59 Å². The molecule has 0 unspecified atom stereocenters. The zero-order valence-corrected chi connectivity index (χ0v) is 20.2. The highest BCUT2D eigenvalue weighted by Crippen LogP contribution is 2.21. The molecule has 2 amide bonds. The predicted molar refractivity (Wildman–Crippen MR) is 134 cm³/mol. The van der Waals surface area contributed by atoms with Gasteiger partial charge in [-0.25, -0.2) is 0 Å². The van der Waals surface area contributed by atoms with Crippen LogP contribution in [0.25, 0.3) is 0 Å². The molecule has 0 bridgehead atoms. The fourth-order valence-corrected chi connectivity index (χ4v) is 3.92. The van der Waals surface area contributed by atoms with Gasteiger partial charge in [0.25, 0.3) is 0 Å². The Hall–Kier alpha value is -3.11. The third kappa shape index (κ3) is 7.19. The van der Waals surface area contributed by atoms with Crippen LogP contribution in [0.3, 0.4) is 0 Å². The van der Waals surface area contributed by atoms with Gasteiger partial charge in [0.2, 0.25) is 11.8 Å². The van der Waals surface area contributed by atoms with Crippen molar-refractivity contribution in [2.45, 2.75) is 52.2 Å². The van der Waals surface area contributed by atoms with E-state index in [0.717, 1.165) is 22.3 Å². The largest absolute Gasteiger partial charge is 0.352 e. The van der Waals surface area contributed by atoms with Crippen molar-refractivity contribution in [1.29, 1.82) is 0 Å². The predicted octanol–water partition coefficient (Wildman–Crippen LogP) is 5.36. The van der Waals surface area contributed by atoms with E-state index in [4.69, 9.17) is 11.6 Å². The topological polar surface area (TPSA) is 49.4 Å². The molecular weight excluding hydrogens is 432 g/mol. The van der Waals surface area contributed by atoms with Gasteiger partial charge >= 0.3 is 0 Å². The number of nitrogens with one attached hydrogen (secondary N) is 1. The van der Waals surface area contributed by atoms with Crippen LogP contribution in [0.2, 0.25) is 5.02 Å². The monoisotopic (exact) mass is 462 g/mol. The van der Waals surface area contributed by atoms with E-state index in [1.54, 1.807) is 11.0 Å². The van der Waals surface area contributed by atoms with Crippen molar-refractivity contribution in [2.24, 2.45) is 0 Å². The van der Waals surface area contributed by atoms with Gasteiger partial charge < -0.3 is 10.2 Å². The van der Waals surface area contributed by atoms with Gasteiger partial charge in [0, 0.05) is 24.0 Å². The number of amides is 2. The second-order valence-corrected chi connectivity index (χ2v) is 9.05. The second-order valence-electron chi connectivity index (χ2n) is 8.64. The Morgan fingerprint density at radius 1 is 0.879 bits per heavy atom. The van der Waals surface area contributed by atoms with Gasteiger partial charge in [0.1, 0.15) is 6.04 Å². The molecule has 0 heterocycles. The number of halogens is 1. The number of nitrogens with zero attached hydrogens (tertiary/aromatic N) is 1. The lowest BCUT2D eigenvalue weighted by Gasteiger charge is -2.32. The third-order valence-electron chi connectivity index (χ3n) is 5.48. The number of benzene rings is 3. The standard InChI is InChI=1S/C28H31ClN2O2/c1-20(2)30-28(33)26(17-22-9-5-4-6-10-22)31(19-24-11-7-8-12-25(24)29)27(32)18-23-15-13-21(3)14-16-23/h4-16,20,26H,17-19H2,1-3H3,(H,30,33)/t26-/m1/s1. The van der Waals surface area contributed by atoms with Gasteiger partial charge in [-0.2, -0.15) is 0 Å². The minimum atomic E-state index is -0.663. The summed E-state index contributed by atoms with van der Waals surface area (Å²) < 4.78 is 0. The Balaban J connectivity index is 1.97. The molecule has 0 aromatic heterocycles. The second kappa shape index (κ2) is 11.7. The number of carbonyl (C=O) groups excluding carboxylic acids is 2. The lowest BCUT2D eigenvalue weighted by molar-refractivity contribution is -0.141. The number of hydrogen-bond donors (Lipinski definition) is 1. The van der Waals surface area contributed by atoms with Crippen LogP contribution < -0.4 is 5.32 Å². The first-order chi connectivity index (χ1) is 15.8. The van der Waals surface area contributed by atoms with Crippen LogP contribution in [0.4, 0.5) is 0 Å². The van der Waals surface area contributed by atoms with Gasteiger partial charge in [0.15, 0.2) is 0 Å². The minimum absolute atomic E-state index is 0.0369. The molecule has 0 aliphatic heterocycles. The molecular formula is C28H31ClN2O2. The van der Waals surface area contributed by atoms with Gasteiger partial charge in [-0.15, -0.1) is 0 Å². The molecule has 1 N–H and O–H groups in total. The SMILES string of the molecule is Cc1ccc(CC(=O)N(Cc2ccccc2Cl)[C@H](Cc2ccccc2)C(=O)NC(C)C)cc1. The lowest BCUT2D eigenvalue weighted by Crippen LogP contribution is -2.52. The summed E-state index contributed by atoms with van der Waals surface area (Å²) in [5.74, 6) is -0.281. The average Bonchev–Trinajstić information content (AvgIpc) is 2.79. The van der Waals surface area contributed by atoms with E-state index < -0.39 is 6.04 Å². The van der Waals surface area contributed by atoms with Crippen molar-refractivity contribution in [1.82, 2.24) is 10.2 Å². The molecule has 0 radical (unpaired) electrons. The van der Waals surface area contributed by atoms with Crippen LogP contribution in [0.15, 0.2) is 78.9 Å². The van der Waals surface area contributed by atoms with Gasteiger partial charge in [0.05, 0.1) is 6.42 Å². The van der Waals surface area contributed by atoms with Gasteiger partial charge in [-0.3, -0.25) is 9.59 Å². The summed E-state index contributed by atoms with van der Waals surface area (Å²) in [6, 6.07) is 24.5. The van der Waals surface area contributed by atoms with E-state index in [0.29, 0.717) is 11.4 Å². The van der Waals surface area contributed by atoms with Gasteiger partial charge in [-0.1, -0.05) is 90.0 Å². The molecule has 172 valence electrons. The molecule has 0 aliphatic rings. The highest BCUT2D eigenvalue weighted by Gasteiger charge is 2.31. The lowest BCUT2D eigenvalue weighted by atomic mass is 10.0. The van der Waals surface area contributed by atoms with E-state index in [1.807, 2.05) is 93.6 Å². The zero-order chi connectivity index (χ0) is 23.8. The molecule has 3 aromatic carbocycles. The molecule has 1 atom stereocenters. The van der Waals surface area contributed by atoms with Crippen molar-refractivity contribution in [3.63, 3.8) is 0 Å². The Kier molecular flexibility index (Phi) is 8.67. The first-order valence-corrected chi connectivity index (χ1v) is 11.6. The molecule has 3 aromatic rings. The summed E-state index contributed by atoms with van der Waals surface area (Å²) in [6.07, 6.45) is 0.633. The molecule has 0 fully saturated rings. The summed E-state index contributed by atoms with van der Waals surface area (Å²) in [4.78, 5) is 28.6. The molecule has 4 nitrogen and oxygen atoms in total. The first-order valence-electron chi connectivity index (χ1n) is 11.3. The Labute approximate surface area is 201 Å². The van der Waals surface area contributed by atoms with Crippen LogP contribution in [0, 0.1) is 6.92 Å². The van der Waals surface area contributed by atoms with E-state index >= 15 is 0 Å². The van der Waals surface area contributed by atoms with Crippen LogP contribution >= 0.6 is 11.6 Å². The maximum absolute atomic E-state index is 13.6. The fourth-order valence-electron chi connectivity index (χ4n) is 3.73. The van der Waals surface area contributed by atoms with Crippen molar-refractivity contribution in [2.75, 3.05) is 0 Å². The average molecular weight is 463 g/mol. The third-order valence-corrected chi connectivity index (χ3v) is 5.85. The van der Waals surface area contributed by atoms with Crippen LogP contribution in [0.5, 0.6) is 0 Å². The maximum Gasteiger partial charge on any atom is 0.243 e. The zero-order valence-electron chi connectivity index (χ0n) is 19.4. The molecule has 0 saturated heterocycles. The van der Waals surface area contributed by atoms with Crippen LogP contribution in [0.1, 0.15) is 36.1 Å². The van der Waals surface area contributed by atoms with Crippen molar-refractivity contribution in [3.8, 4) is 0 Å². The summed E-state index contributed by atoms with van der Waals surface area (Å²) in [6.45, 7) is 6.11. The summed E-state index contributed by atoms with van der Waals surface area (Å²) in [7, 11) is 0. The van der Waals surface area contributed by atoms with E-state index in [9.17, 15) is 9.59 Å². The van der Waals surface area contributed by atoms with E-state index in [-0.39, 0.29) is 30.8 Å². The van der Waals surface area contributed by atoms with Gasteiger partial charge in [-0.05, 0) is 43.5 Å². The highest BCUT2D eigenvalue weighted by molar-refractivity contribution is 6.31. The normalized spacial score (nSPS) is 11.8. The van der Waals surface area contributed by atoms with E-state index in [2.05, 4.69) is 5.32 Å². The number of carbonyl (C=O) groups is 2. The number of hydrogen-bond acceptors (Lipinski definition) is 2. The summed E-state index contributed by atoms with van der Waals surface area (Å²) in [5, 5.41) is 3.58. The Morgan fingerprint density at radius 3 is 2.15 bits per heavy atom. The van der Waals surface area contributed by atoms with Crippen molar-refractivity contribution >= 4 is 23.4 Å². The maximum atomic E-state index is 13.6. The Morgan fingerprint density at radius 2 is 1.52 bits per heavy atom. The fraction of sp³-hybridized carbons (Fsp3) is 0.286. The molecule has 0 aliphatic carbocycles. The van der Waals surface area contributed by atoms with Crippen LogP contribution in [-0.2, 0) is 29.0 Å². The molecule has 3 rings (SSSR count). The summed E-state index contributed by atoms with van der Waals surface area (Å²) in [5.41, 5.74) is 3.86. The number of rotatable bonds is 9. The number of aryl methyl sites for hydroxylation is 1. The Bertz CT molecular complexity index is 1060. The molecule has 0 spiro atoms. The summed E-state index contributed by atoms with van der Waals surface area (Å²) >= 11 is 6.44. The molecule has 33 heavy (non-hydrogen) atoms. The first kappa shape index (κ1) is 24.5. The van der Waals surface area contributed by atoms with E-state index in [1.165, 1.54) is 0 Å². The smallest absolute Gasteiger partial charge is 0.243 e.